The van der Waals surface area contributed by atoms with Gasteiger partial charge >= 0.3 is 0 Å². The van der Waals surface area contributed by atoms with Gasteiger partial charge in [0.05, 0.1) is 12.2 Å². The van der Waals surface area contributed by atoms with Crippen molar-refractivity contribution >= 4 is 12.1 Å². The van der Waals surface area contributed by atoms with Crippen LogP contribution in [-0.2, 0) is 9.53 Å². The van der Waals surface area contributed by atoms with Crippen LogP contribution in [0.15, 0.2) is 11.5 Å². The van der Waals surface area contributed by atoms with E-state index in [0.29, 0.717) is 30.7 Å². The summed E-state index contributed by atoms with van der Waals surface area (Å²) in [6.07, 6.45) is 4.38. The number of hydrogen-bond donors (Lipinski definition) is 4. The van der Waals surface area contributed by atoms with Gasteiger partial charge in [-0.15, -0.1) is 0 Å². The maximum absolute atomic E-state index is 12.9. The molecule has 0 radical (unpaired) electrons. The van der Waals surface area contributed by atoms with Gasteiger partial charge in [-0.3, -0.25) is 4.79 Å². The van der Waals surface area contributed by atoms with Gasteiger partial charge < -0.3 is 25.9 Å². The van der Waals surface area contributed by atoms with Gasteiger partial charge in [0.2, 0.25) is 5.88 Å². The minimum Gasteiger partial charge on any atom is -0.478 e. The monoisotopic (exact) mass is 365 g/mol. The second-order valence-corrected chi connectivity index (χ2v) is 8.76. The SMILES string of the molecule is CN/C(OCC(C)C)=C(\C=N)C(=O)N[C@@H]1C(C)CC2(O)CC(C)CC1C2. The molecule has 0 spiro atoms. The van der Waals surface area contributed by atoms with Crippen LogP contribution >= 0.6 is 0 Å². The lowest BCUT2D eigenvalue weighted by molar-refractivity contribution is -0.124. The summed E-state index contributed by atoms with van der Waals surface area (Å²) in [5, 5.41) is 24.5. The van der Waals surface area contributed by atoms with Crippen molar-refractivity contribution in [3.05, 3.63) is 11.5 Å². The highest BCUT2D eigenvalue weighted by molar-refractivity contribution is 6.11. The highest BCUT2D eigenvalue weighted by Crippen LogP contribution is 2.47. The molecule has 26 heavy (non-hydrogen) atoms. The number of ether oxygens (including phenoxy) is 1. The van der Waals surface area contributed by atoms with E-state index in [-0.39, 0.29) is 29.4 Å². The number of amides is 1. The zero-order valence-corrected chi connectivity index (χ0v) is 16.8. The van der Waals surface area contributed by atoms with Crippen molar-refractivity contribution in [1.29, 1.82) is 5.41 Å². The molecule has 0 aromatic heterocycles. The summed E-state index contributed by atoms with van der Waals surface area (Å²) >= 11 is 0. The number of hydrogen-bond acceptors (Lipinski definition) is 5. The molecule has 0 aliphatic heterocycles. The molecule has 2 bridgehead atoms. The molecule has 2 fully saturated rings. The van der Waals surface area contributed by atoms with E-state index in [1.54, 1.807) is 7.05 Å². The third-order valence-electron chi connectivity index (χ3n) is 5.62. The third kappa shape index (κ3) is 4.78. The average molecular weight is 366 g/mol. The van der Waals surface area contributed by atoms with Gasteiger partial charge in [0.15, 0.2) is 0 Å². The van der Waals surface area contributed by atoms with Gasteiger partial charge in [-0.25, -0.2) is 0 Å². The molecule has 1 amide bonds. The molecule has 5 atom stereocenters. The Morgan fingerprint density at radius 2 is 2.04 bits per heavy atom. The van der Waals surface area contributed by atoms with Crippen LogP contribution in [-0.4, -0.2) is 42.5 Å². The van der Waals surface area contributed by atoms with Crippen molar-refractivity contribution in [2.75, 3.05) is 13.7 Å². The van der Waals surface area contributed by atoms with E-state index in [1.165, 1.54) is 0 Å². The Hall–Kier alpha value is -1.56. The first-order valence-corrected chi connectivity index (χ1v) is 9.77. The molecule has 0 saturated heterocycles. The molecule has 2 rings (SSSR count). The lowest BCUT2D eigenvalue weighted by Crippen LogP contribution is -2.57. The fourth-order valence-electron chi connectivity index (χ4n) is 4.79. The predicted octanol–water partition coefficient (Wildman–Crippen LogP) is 2.43. The molecule has 0 heterocycles. The molecule has 2 aliphatic carbocycles. The summed E-state index contributed by atoms with van der Waals surface area (Å²) in [7, 11) is 1.69. The Bertz CT molecular complexity index is 557. The molecule has 6 heteroatoms. The predicted molar refractivity (Wildman–Crippen MR) is 103 cm³/mol. The van der Waals surface area contributed by atoms with Crippen molar-refractivity contribution < 1.29 is 14.6 Å². The topological polar surface area (TPSA) is 94.4 Å². The first-order chi connectivity index (χ1) is 12.2. The molecule has 4 unspecified atom stereocenters. The number of fused-ring (bicyclic) bond motifs is 2. The van der Waals surface area contributed by atoms with Gasteiger partial charge in [0.1, 0.15) is 5.57 Å². The average Bonchev–Trinajstić information content (AvgIpc) is 2.53. The highest BCUT2D eigenvalue weighted by Gasteiger charge is 2.48. The van der Waals surface area contributed by atoms with Crippen LogP contribution in [0.3, 0.4) is 0 Å². The molecule has 0 aromatic rings. The number of aliphatic hydroxyl groups is 1. The van der Waals surface area contributed by atoms with Crippen molar-refractivity contribution in [1.82, 2.24) is 10.6 Å². The summed E-state index contributed by atoms with van der Waals surface area (Å²) in [4.78, 5) is 12.9. The lowest BCUT2D eigenvalue weighted by Gasteiger charge is -2.51. The number of carbonyl (C=O) groups is 1. The van der Waals surface area contributed by atoms with E-state index in [2.05, 4.69) is 24.5 Å². The smallest absolute Gasteiger partial charge is 0.258 e. The maximum Gasteiger partial charge on any atom is 0.258 e. The van der Waals surface area contributed by atoms with E-state index in [4.69, 9.17) is 10.1 Å². The quantitative estimate of drug-likeness (QED) is 0.317. The van der Waals surface area contributed by atoms with Gasteiger partial charge in [-0.1, -0.05) is 27.7 Å². The lowest BCUT2D eigenvalue weighted by atomic mass is 9.60. The van der Waals surface area contributed by atoms with E-state index in [1.807, 2.05) is 13.8 Å². The van der Waals surface area contributed by atoms with Gasteiger partial charge in [-0.05, 0) is 49.4 Å². The molecule has 148 valence electrons. The maximum atomic E-state index is 12.9. The molecule has 6 nitrogen and oxygen atoms in total. The van der Waals surface area contributed by atoms with Crippen LogP contribution in [0.2, 0.25) is 0 Å². The summed E-state index contributed by atoms with van der Waals surface area (Å²) in [6, 6.07) is 0.0173. The Kier molecular flexibility index (Phi) is 6.72. The minimum atomic E-state index is -0.584. The number of carbonyl (C=O) groups excluding carboxylic acids is 1. The fourth-order valence-corrected chi connectivity index (χ4v) is 4.79. The first kappa shape index (κ1) is 20.7. The number of rotatable bonds is 7. The molecule has 4 N–H and O–H groups in total. The normalized spacial score (nSPS) is 34.7. The van der Waals surface area contributed by atoms with Gasteiger partial charge in [0.25, 0.3) is 5.91 Å². The van der Waals surface area contributed by atoms with Crippen molar-refractivity contribution in [3.8, 4) is 0 Å². The Morgan fingerprint density at radius 1 is 1.35 bits per heavy atom. The summed E-state index contributed by atoms with van der Waals surface area (Å²) in [6.45, 7) is 8.82. The second-order valence-electron chi connectivity index (χ2n) is 8.76. The fraction of sp³-hybridized carbons (Fsp3) is 0.800. The molecule has 2 aliphatic rings. The summed E-state index contributed by atoms with van der Waals surface area (Å²) < 4.78 is 5.67. The van der Waals surface area contributed by atoms with Crippen molar-refractivity contribution in [2.45, 2.75) is 65.0 Å². The van der Waals surface area contributed by atoms with E-state index in [9.17, 15) is 9.90 Å². The van der Waals surface area contributed by atoms with Crippen LogP contribution in [0, 0.1) is 29.1 Å². The Morgan fingerprint density at radius 3 is 2.62 bits per heavy atom. The molecular formula is C20H35N3O3. The van der Waals surface area contributed by atoms with Crippen LogP contribution < -0.4 is 10.6 Å². The standard InChI is InChI=1S/C20H35N3O3/c1-12(2)11-26-19(22-5)16(10-21)18(24)23-17-14(4)8-20(25)7-13(3)6-15(17)9-20/h10,12-15,17,21-22,25H,6-9,11H2,1-5H3,(H,23,24)/b19-16-,21-10?/t13?,14?,15?,17-,20?/m1/s1. The zero-order valence-electron chi connectivity index (χ0n) is 16.8. The molecular weight excluding hydrogens is 330 g/mol. The Balaban J connectivity index is 2.14. The van der Waals surface area contributed by atoms with Crippen molar-refractivity contribution in [2.24, 2.45) is 23.7 Å². The summed E-state index contributed by atoms with van der Waals surface area (Å²) in [5.41, 5.74) is -0.371. The van der Waals surface area contributed by atoms with Crippen LogP contribution in [0.4, 0.5) is 0 Å². The number of nitrogens with one attached hydrogen (secondary N) is 3. The second kappa shape index (κ2) is 8.42. The first-order valence-electron chi connectivity index (χ1n) is 9.77. The van der Waals surface area contributed by atoms with Gasteiger partial charge in [0, 0.05) is 19.3 Å². The van der Waals surface area contributed by atoms with E-state index >= 15 is 0 Å². The van der Waals surface area contributed by atoms with Crippen LogP contribution in [0.25, 0.3) is 0 Å². The minimum absolute atomic E-state index is 0.0173. The zero-order chi connectivity index (χ0) is 19.5. The van der Waals surface area contributed by atoms with Crippen LogP contribution in [0.5, 0.6) is 0 Å². The van der Waals surface area contributed by atoms with Gasteiger partial charge in [-0.2, -0.15) is 0 Å². The van der Waals surface area contributed by atoms with Crippen LogP contribution in [0.1, 0.15) is 53.4 Å². The van der Waals surface area contributed by atoms with E-state index < -0.39 is 5.60 Å². The van der Waals surface area contributed by atoms with Crippen molar-refractivity contribution in [3.63, 3.8) is 0 Å². The Labute approximate surface area is 157 Å². The highest BCUT2D eigenvalue weighted by atomic mass is 16.5. The largest absolute Gasteiger partial charge is 0.478 e. The molecule has 2 saturated carbocycles. The third-order valence-corrected chi connectivity index (χ3v) is 5.62. The summed E-state index contributed by atoms with van der Waals surface area (Å²) in [5.74, 6) is 1.32. The van der Waals surface area contributed by atoms with E-state index in [0.717, 1.165) is 25.5 Å². The molecule has 0 aromatic carbocycles.